The van der Waals surface area contributed by atoms with Crippen molar-refractivity contribution >= 4 is 11.9 Å². The summed E-state index contributed by atoms with van der Waals surface area (Å²) in [6.07, 6.45) is 10.9. The molecule has 128 valence electrons. The Kier molecular flexibility index (Phi) is 4.70. The average Bonchev–Trinajstić information content (AvgIpc) is 3.23. The number of hydrogen-bond donors (Lipinski definition) is 0. The molecule has 0 aliphatic heterocycles. The number of ether oxygens (including phenoxy) is 1. The maximum absolute atomic E-state index is 13.8. The lowest BCUT2D eigenvalue weighted by Crippen LogP contribution is -2.23. The van der Waals surface area contributed by atoms with Gasteiger partial charge in [-0.15, -0.1) is 0 Å². The van der Waals surface area contributed by atoms with Gasteiger partial charge in [0.05, 0.1) is 17.7 Å². The maximum Gasteiger partial charge on any atom is 0.242 e. The highest BCUT2D eigenvalue weighted by Gasteiger charge is 2.25. The van der Waals surface area contributed by atoms with E-state index >= 15 is 0 Å². The monoisotopic (exact) mass is 338 g/mol. The number of furan rings is 1. The Balaban J connectivity index is 1.77. The Morgan fingerprint density at radius 2 is 2.00 bits per heavy atom. The summed E-state index contributed by atoms with van der Waals surface area (Å²) in [5.41, 5.74) is 1.29. The fourth-order valence-electron chi connectivity index (χ4n) is 2.57. The van der Waals surface area contributed by atoms with E-state index in [1.54, 1.807) is 30.5 Å². The van der Waals surface area contributed by atoms with E-state index in [0.717, 1.165) is 11.3 Å². The summed E-state index contributed by atoms with van der Waals surface area (Å²) < 4.78 is 24.3. The third-order valence-electron chi connectivity index (χ3n) is 3.66. The molecular formula is C21H19FO3. The van der Waals surface area contributed by atoms with Crippen LogP contribution in [-0.2, 0) is 0 Å². The first-order chi connectivity index (χ1) is 11.9. The van der Waals surface area contributed by atoms with Gasteiger partial charge in [0.1, 0.15) is 11.5 Å². The third kappa shape index (κ3) is 4.35. The minimum Gasteiger partial charge on any atom is -0.465 e. The van der Waals surface area contributed by atoms with E-state index < -0.39 is 11.8 Å². The predicted molar refractivity (Wildman–Crippen MR) is 95.0 cm³/mol. The Bertz CT molecular complexity index is 836. The summed E-state index contributed by atoms with van der Waals surface area (Å²) in [4.78, 5) is 12.8. The second-order valence-corrected chi connectivity index (χ2v) is 6.23. The van der Waals surface area contributed by atoms with Crippen LogP contribution in [0.5, 0.6) is 5.75 Å². The number of hydrogen-bond acceptors (Lipinski definition) is 3. The number of alkyl halides is 1. The topological polar surface area (TPSA) is 39.4 Å². The first-order valence-electron chi connectivity index (χ1n) is 8.05. The number of benzene rings is 1. The second-order valence-electron chi connectivity index (χ2n) is 6.23. The van der Waals surface area contributed by atoms with Gasteiger partial charge in [-0.3, -0.25) is 4.79 Å². The largest absolute Gasteiger partial charge is 0.465 e. The molecule has 0 bridgehead atoms. The molecule has 1 unspecified atom stereocenters. The normalized spacial score (nSPS) is 17.1. The number of Topliss-reactive ketones (excluding diaryl/α,β-unsaturated/α-hetero) is 1. The van der Waals surface area contributed by atoms with Gasteiger partial charge >= 0.3 is 0 Å². The zero-order chi connectivity index (χ0) is 17.9. The zero-order valence-corrected chi connectivity index (χ0v) is 14.1. The van der Waals surface area contributed by atoms with Crippen molar-refractivity contribution < 1.29 is 18.3 Å². The van der Waals surface area contributed by atoms with Crippen molar-refractivity contribution in [2.24, 2.45) is 5.92 Å². The van der Waals surface area contributed by atoms with Gasteiger partial charge in [0.2, 0.25) is 5.85 Å². The first kappa shape index (κ1) is 17.0. The number of carbonyl (C=O) groups excluding carboxylic acids is 1. The third-order valence-corrected chi connectivity index (χ3v) is 3.66. The van der Waals surface area contributed by atoms with Gasteiger partial charge in [0.15, 0.2) is 5.78 Å². The van der Waals surface area contributed by atoms with Crippen LogP contribution in [0.4, 0.5) is 4.39 Å². The smallest absolute Gasteiger partial charge is 0.242 e. The van der Waals surface area contributed by atoms with Crippen LogP contribution in [0.3, 0.4) is 0 Å². The predicted octanol–water partition coefficient (Wildman–Crippen LogP) is 5.37. The van der Waals surface area contributed by atoms with Crippen LogP contribution in [0.15, 0.2) is 77.0 Å². The molecule has 1 heterocycles. The van der Waals surface area contributed by atoms with E-state index in [-0.39, 0.29) is 11.5 Å². The van der Waals surface area contributed by atoms with E-state index in [1.165, 1.54) is 13.8 Å². The summed E-state index contributed by atoms with van der Waals surface area (Å²) in [7, 11) is 0. The highest BCUT2D eigenvalue weighted by Crippen LogP contribution is 2.29. The lowest BCUT2D eigenvalue weighted by Gasteiger charge is -2.19. The van der Waals surface area contributed by atoms with E-state index in [0.29, 0.717) is 5.56 Å². The summed E-state index contributed by atoms with van der Waals surface area (Å²) in [5.74, 6) is -1.38. The summed E-state index contributed by atoms with van der Waals surface area (Å²) in [6, 6.07) is 10.4. The number of ketones is 1. The van der Waals surface area contributed by atoms with Gasteiger partial charge in [-0.25, -0.2) is 0 Å². The molecule has 0 saturated heterocycles. The van der Waals surface area contributed by atoms with Crippen molar-refractivity contribution in [1.82, 2.24) is 0 Å². The fourth-order valence-corrected chi connectivity index (χ4v) is 2.57. The number of carbonyl (C=O) groups is 1. The molecule has 3 rings (SSSR count). The van der Waals surface area contributed by atoms with Crippen LogP contribution in [0.25, 0.3) is 6.08 Å². The molecule has 1 atom stereocenters. The fraction of sp³-hybridized carbons (Fsp3) is 0.190. The Labute approximate surface area is 146 Å². The van der Waals surface area contributed by atoms with Crippen molar-refractivity contribution in [3.8, 4) is 5.75 Å². The van der Waals surface area contributed by atoms with E-state index in [4.69, 9.17) is 9.15 Å². The van der Waals surface area contributed by atoms with Crippen LogP contribution >= 0.6 is 0 Å². The maximum atomic E-state index is 13.8. The number of allylic oxidation sites excluding steroid dienone is 5. The van der Waals surface area contributed by atoms with Crippen molar-refractivity contribution in [3.63, 3.8) is 0 Å². The molecule has 1 aromatic heterocycles. The number of halogens is 1. The molecule has 1 aliphatic carbocycles. The van der Waals surface area contributed by atoms with E-state index in [2.05, 4.69) is 0 Å². The van der Waals surface area contributed by atoms with Crippen LogP contribution in [0.2, 0.25) is 0 Å². The highest BCUT2D eigenvalue weighted by atomic mass is 19.2. The minimum atomic E-state index is -1.85. The lowest BCUT2D eigenvalue weighted by molar-refractivity contribution is -0.0261. The number of para-hydroxylation sites is 1. The zero-order valence-electron chi connectivity index (χ0n) is 14.1. The molecule has 1 aromatic carbocycles. The minimum absolute atomic E-state index is 0.127. The Morgan fingerprint density at radius 3 is 2.72 bits per heavy atom. The molecule has 1 aliphatic rings. The van der Waals surface area contributed by atoms with Gasteiger partial charge in [-0.2, -0.15) is 4.39 Å². The molecule has 3 nitrogen and oxygen atoms in total. The molecular weight excluding hydrogens is 319 g/mol. The van der Waals surface area contributed by atoms with Gasteiger partial charge in [-0.1, -0.05) is 36.4 Å². The molecule has 0 radical (unpaired) electrons. The van der Waals surface area contributed by atoms with Gasteiger partial charge in [0.25, 0.3) is 0 Å². The molecule has 0 spiro atoms. The molecule has 0 saturated carbocycles. The standard InChI is InChI=1S/C21H19FO3/c1-21(2,22)25-19-8-4-3-7-18(19)20(23)16-11-9-15(14-16)10-12-17-6-5-13-24-17/h3-14,16H,1-2H3/b12-10+. The van der Waals surface area contributed by atoms with Gasteiger partial charge in [0, 0.05) is 13.8 Å². The summed E-state index contributed by atoms with van der Waals surface area (Å²) in [6.45, 7) is 2.61. The Morgan fingerprint density at radius 1 is 1.20 bits per heavy atom. The molecule has 0 amide bonds. The van der Waals surface area contributed by atoms with E-state index in [9.17, 15) is 9.18 Å². The van der Waals surface area contributed by atoms with Crippen LogP contribution < -0.4 is 4.74 Å². The first-order valence-corrected chi connectivity index (χ1v) is 8.05. The molecule has 4 heteroatoms. The second kappa shape index (κ2) is 6.93. The van der Waals surface area contributed by atoms with Gasteiger partial charge < -0.3 is 9.15 Å². The highest BCUT2D eigenvalue weighted by molar-refractivity contribution is 6.03. The SMILES string of the molecule is CC(C)(F)Oc1ccccc1C(=O)C1C=CC(/C=C/c2ccco2)=C1. The quantitative estimate of drug-likeness (QED) is 0.665. The Hall–Kier alpha value is -2.88. The summed E-state index contributed by atoms with van der Waals surface area (Å²) >= 11 is 0. The average molecular weight is 338 g/mol. The van der Waals surface area contributed by atoms with Crippen LogP contribution in [0.1, 0.15) is 30.0 Å². The van der Waals surface area contributed by atoms with Crippen molar-refractivity contribution in [1.29, 1.82) is 0 Å². The molecule has 25 heavy (non-hydrogen) atoms. The molecule has 0 fully saturated rings. The van der Waals surface area contributed by atoms with Crippen molar-refractivity contribution in [3.05, 3.63) is 83.9 Å². The number of rotatable bonds is 6. The van der Waals surface area contributed by atoms with Crippen LogP contribution in [-0.4, -0.2) is 11.6 Å². The van der Waals surface area contributed by atoms with Crippen LogP contribution in [0, 0.1) is 5.92 Å². The summed E-state index contributed by atoms with van der Waals surface area (Å²) in [5, 5.41) is 0. The molecule has 2 aromatic rings. The van der Waals surface area contributed by atoms with Crippen molar-refractivity contribution in [2.45, 2.75) is 19.7 Å². The molecule has 0 N–H and O–H groups in total. The van der Waals surface area contributed by atoms with E-state index in [1.807, 2.05) is 42.5 Å². The lowest BCUT2D eigenvalue weighted by atomic mass is 9.98. The van der Waals surface area contributed by atoms with Gasteiger partial charge in [-0.05, 0) is 35.9 Å². The van der Waals surface area contributed by atoms with Crippen molar-refractivity contribution in [2.75, 3.05) is 0 Å².